The average Bonchev–Trinajstić information content (AvgIpc) is 2.86. The molecule has 0 radical (unpaired) electrons. The molecular weight excluding hydrogens is 356 g/mol. The second-order valence-electron chi connectivity index (χ2n) is 8.09. The molecule has 1 aliphatic rings. The fourth-order valence-electron chi connectivity index (χ4n) is 3.40. The van der Waals surface area contributed by atoms with Gasteiger partial charge in [-0.1, -0.05) is 0 Å². The van der Waals surface area contributed by atoms with Gasteiger partial charge in [0, 0.05) is 18.1 Å². The molecule has 2 unspecified atom stereocenters. The first-order valence-corrected chi connectivity index (χ1v) is 8.85. The van der Waals surface area contributed by atoms with Crippen molar-refractivity contribution in [3.8, 4) is 0 Å². The van der Waals surface area contributed by atoms with E-state index in [1.54, 1.807) is 34.9 Å². The Morgan fingerprint density at radius 1 is 1.26 bits per heavy atom. The van der Waals surface area contributed by atoms with Crippen LogP contribution >= 0.6 is 0 Å². The third kappa shape index (κ3) is 4.05. The molecule has 2 rings (SSSR count). The first-order chi connectivity index (χ1) is 12.4. The molecule has 1 aliphatic heterocycles. The van der Waals surface area contributed by atoms with Crippen LogP contribution < -0.4 is 4.90 Å². The summed E-state index contributed by atoms with van der Waals surface area (Å²) in [4.78, 5) is 28.3. The van der Waals surface area contributed by atoms with Crippen molar-refractivity contribution in [2.45, 2.75) is 51.7 Å². The molecule has 0 saturated carbocycles. The maximum absolute atomic E-state index is 14.7. The second-order valence-corrected chi connectivity index (χ2v) is 8.09. The molecule has 8 heteroatoms. The summed E-state index contributed by atoms with van der Waals surface area (Å²) in [5.41, 5.74) is -0.773. The Hall–Kier alpha value is -2.22. The van der Waals surface area contributed by atoms with Gasteiger partial charge in [-0.3, -0.25) is 9.69 Å². The Morgan fingerprint density at radius 3 is 2.19 bits per heavy atom. The SMILES string of the molecule is CC(c1cc(F)c(N2CCC(N(C(=O)O)C(C)(C)C)C2=O)c(F)c1)N(C)C. The molecule has 1 fully saturated rings. The number of carbonyl (C=O) groups is 2. The first kappa shape index (κ1) is 21.1. The molecule has 2 atom stereocenters. The van der Waals surface area contributed by atoms with Gasteiger partial charge in [0.05, 0.1) is 0 Å². The zero-order chi connectivity index (χ0) is 20.7. The van der Waals surface area contributed by atoms with Crippen molar-refractivity contribution in [2.75, 3.05) is 25.5 Å². The molecule has 1 N–H and O–H groups in total. The number of carboxylic acid groups (broad SMARTS) is 1. The van der Waals surface area contributed by atoms with Crippen molar-refractivity contribution in [3.63, 3.8) is 0 Å². The quantitative estimate of drug-likeness (QED) is 0.865. The highest BCUT2D eigenvalue weighted by atomic mass is 19.1. The van der Waals surface area contributed by atoms with Gasteiger partial charge in [0.15, 0.2) is 0 Å². The molecule has 27 heavy (non-hydrogen) atoms. The fourth-order valence-corrected chi connectivity index (χ4v) is 3.40. The molecule has 0 spiro atoms. The Kier molecular flexibility index (Phi) is 5.79. The van der Waals surface area contributed by atoms with E-state index in [1.807, 2.05) is 11.8 Å². The number of hydrogen-bond donors (Lipinski definition) is 1. The third-order valence-corrected chi connectivity index (χ3v) is 4.98. The van der Waals surface area contributed by atoms with E-state index >= 15 is 0 Å². The van der Waals surface area contributed by atoms with E-state index in [0.29, 0.717) is 5.56 Å². The maximum Gasteiger partial charge on any atom is 0.408 e. The zero-order valence-corrected chi connectivity index (χ0v) is 16.6. The normalized spacial score (nSPS) is 18.9. The molecular formula is C19H27F2N3O3. The van der Waals surface area contributed by atoms with Gasteiger partial charge in [0.2, 0.25) is 5.91 Å². The van der Waals surface area contributed by atoms with Gasteiger partial charge in [0.1, 0.15) is 23.4 Å². The first-order valence-electron chi connectivity index (χ1n) is 8.85. The predicted molar refractivity (Wildman–Crippen MR) is 98.8 cm³/mol. The van der Waals surface area contributed by atoms with Gasteiger partial charge in [-0.05, 0) is 65.9 Å². The van der Waals surface area contributed by atoms with Crippen molar-refractivity contribution in [1.29, 1.82) is 0 Å². The highest BCUT2D eigenvalue weighted by Crippen LogP contribution is 2.34. The second kappa shape index (κ2) is 7.42. The van der Waals surface area contributed by atoms with Crippen molar-refractivity contribution >= 4 is 17.7 Å². The molecule has 1 saturated heterocycles. The minimum Gasteiger partial charge on any atom is -0.465 e. The van der Waals surface area contributed by atoms with Crippen LogP contribution in [0.25, 0.3) is 0 Å². The van der Waals surface area contributed by atoms with E-state index in [9.17, 15) is 23.5 Å². The van der Waals surface area contributed by atoms with Gasteiger partial charge in [-0.25, -0.2) is 13.6 Å². The zero-order valence-electron chi connectivity index (χ0n) is 16.6. The minimum absolute atomic E-state index is 0.0553. The molecule has 1 heterocycles. The third-order valence-electron chi connectivity index (χ3n) is 4.98. The van der Waals surface area contributed by atoms with Crippen LogP contribution in [0.3, 0.4) is 0 Å². The lowest BCUT2D eigenvalue weighted by Gasteiger charge is -2.36. The number of benzene rings is 1. The fraction of sp³-hybridized carbons (Fsp3) is 0.579. The van der Waals surface area contributed by atoms with Crippen molar-refractivity contribution in [1.82, 2.24) is 9.80 Å². The van der Waals surface area contributed by atoms with E-state index in [-0.39, 0.29) is 19.0 Å². The predicted octanol–water partition coefficient (Wildman–Crippen LogP) is 3.47. The number of nitrogens with zero attached hydrogens (tertiary/aromatic N) is 3. The lowest BCUT2D eigenvalue weighted by atomic mass is 10.0. The van der Waals surface area contributed by atoms with Gasteiger partial charge in [-0.15, -0.1) is 0 Å². The van der Waals surface area contributed by atoms with E-state index in [2.05, 4.69) is 0 Å². The van der Waals surface area contributed by atoms with Crippen LogP contribution in [0.1, 0.15) is 45.7 Å². The smallest absolute Gasteiger partial charge is 0.408 e. The average molecular weight is 383 g/mol. The Balaban J connectivity index is 2.38. The number of hydrogen-bond acceptors (Lipinski definition) is 3. The van der Waals surface area contributed by atoms with E-state index in [0.717, 1.165) is 9.80 Å². The molecule has 1 aromatic rings. The number of anilines is 1. The number of amides is 2. The van der Waals surface area contributed by atoms with Crippen LogP contribution in [0.4, 0.5) is 19.3 Å². The maximum atomic E-state index is 14.7. The molecule has 2 amide bonds. The van der Waals surface area contributed by atoms with Crippen LogP contribution in [-0.4, -0.2) is 59.1 Å². The van der Waals surface area contributed by atoms with Gasteiger partial charge < -0.3 is 14.9 Å². The molecule has 150 valence electrons. The Morgan fingerprint density at radius 2 is 1.78 bits per heavy atom. The van der Waals surface area contributed by atoms with E-state index in [1.165, 1.54) is 12.1 Å². The topological polar surface area (TPSA) is 64.1 Å². The van der Waals surface area contributed by atoms with Crippen molar-refractivity contribution in [2.24, 2.45) is 0 Å². The summed E-state index contributed by atoms with van der Waals surface area (Å²) < 4.78 is 29.4. The summed E-state index contributed by atoms with van der Waals surface area (Å²) in [5, 5.41) is 9.50. The van der Waals surface area contributed by atoms with Crippen molar-refractivity contribution < 1.29 is 23.5 Å². The minimum atomic E-state index is -1.24. The monoisotopic (exact) mass is 383 g/mol. The summed E-state index contributed by atoms with van der Waals surface area (Å²) in [6.45, 7) is 6.90. The largest absolute Gasteiger partial charge is 0.465 e. The van der Waals surface area contributed by atoms with E-state index < -0.39 is 40.9 Å². The lowest BCUT2D eigenvalue weighted by molar-refractivity contribution is -0.122. The molecule has 0 aromatic heterocycles. The van der Waals surface area contributed by atoms with Crippen molar-refractivity contribution in [3.05, 3.63) is 29.3 Å². The van der Waals surface area contributed by atoms with Gasteiger partial charge in [0.25, 0.3) is 0 Å². The summed E-state index contributed by atoms with van der Waals surface area (Å²) in [5.74, 6) is -2.27. The number of carbonyl (C=O) groups excluding carboxylic acids is 1. The Labute approximate surface area is 158 Å². The highest BCUT2D eigenvalue weighted by molar-refractivity contribution is 6.01. The molecule has 0 aliphatic carbocycles. The summed E-state index contributed by atoms with van der Waals surface area (Å²) >= 11 is 0. The molecule has 6 nitrogen and oxygen atoms in total. The summed E-state index contributed by atoms with van der Waals surface area (Å²) in [6.07, 6.45) is -1.06. The number of halogens is 2. The standard InChI is InChI=1S/C19H27F2N3O3/c1-11(22(5)6)12-9-13(20)16(14(21)10-12)23-8-7-15(17(23)25)24(18(26)27)19(2,3)4/h9-11,15H,7-8H2,1-6H3,(H,26,27). The van der Waals surface area contributed by atoms with Gasteiger partial charge >= 0.3 is 6.09 Å². The Bertz CT molecular complexity index is 723. The summed E-state index contributed by atoms with van der Waals surface area (Å²) in [7, 11) is 3.60. The van der Waals surface area contributed by atoms with Crippen LogP contribution in [0.5, 0.6) is 0 Å². The van der Waals surface area contributed by atoms with E-state index in [4.69, 9.17) is 0 Å². The molecule has 0 bridgehead atoms. The van der Waals surface area contributed by atoms with Crippen LogP contribution in [0.2, 0.25) is 0 Å². The van der Waals surface area contributed by atoms with Crippen LogP contribution in [0, 0.1) is 11.6 Å². The van der Waals surface area contributed by atoms with Gasteiger partial charge in [-0.2, -0.15) is 0 Å². The lowest BCUT2D eigenvalue weighted by Crippen LogP contribution is -2.54. The van der Waals surface area contributed by atoms with Crippen LogP contribution in [-0.2, 0) is 4.79 Å². The molecule has 1 aromatic carbocycles. The van der Waals surface area contributed by atoms with Crippen LogP contribution in [0.15, 0.2) is 12.1 Å². The number of rotatable bonds is 4. The summed E-state index contributed by atoms with van der Waals surface area (Å²) in [6, 6.07) is 1.28. The highest BCUT2D eigenvalue weighted by Gasteiger charge is 2.44.